The van der Waals surface area contributed by atoms with E-state index in [1.807, 2.05) is 0 Å². The van der Waals surface area contributed by atoms with Crippen LogP contribution in [-0.4, -0.2) is 14.8 Å². The van der Waals surface area contributed by atoms with Crippen LogP contribution in [0.4, 0.5) is 8.78 Å². The summed E-state index contributed by atoms with van der Waals surface area (Å²) in [5.74, 6) is 0.253. The SMILES string of the molecule is Cn1c(-c2ccc(Br)c(F)c2)nnc1-c1ccc(Br)c(F)c1. The van der Waals surface area contributed by atoms with E-state index in [-0.39, 0.29) is 11.6 Å². The Labute approximate surface area is 142 Å². The van der Waals surface area contributed by atoms with Crippen molar-refractivity contribution >= 4 is 31.9 Å². The maximum Gasteiger partial charge on any atom is 0.164 e. The van der Waals surface area contributed by atoms with Gasteiger partial charge in [0, 0.05) is 18.2 Å². The Morgan fingerprint density at radius 2 is 1.23 bits per heavy atom. The molecule has 0 amide bonds. The first-order valence-electron chi connectivity index (χ1n) is 6.27. The zero-order valence-corrected chi connectivity index (χ0v) is 14.5. The Kier molecular flexibility index (Phi) is 4.10. The van der Waals surface area contributed by atoms with Crippen molar-refractivity contribution in [3.8, 4) is 22.8 Å². The van der Waals surface area contributed by atoms with E-state index in [0.717, 1.165) is 0 Å². The first kappa shape index (κ1) is 15.3. The van der Waals surface area contributed by atoms with Crippen LogP contribution in [0.1, 0.15) is 0 Å². The van der Waals surface area contributed by atoms with Gasteiger partial charge in [-0.05, 0) is 68.3 Å². The molecule has 0 aliphatic carbocycles. The zero-order valence-electron chi connectivity index (χ0n) is 11.3. The van der Waals surface area contributed by atoms with Crippen LogP contribution in [0, 0.1) is 11.6 Å². The molecule has 0 radical (unpaired) electrons. The van der Waals surface area contributed by atoms with Crippen molar-refractivity contribution in [2.24, 2.45) is 7.05 Å². The van der Waals surface area contributed by atoms with Crippen molar-refractivity contribution in [1.29, 1.82) is 0 Å². The number of benzene rings is 2. The van der Waals surface area contributed by atoms with Crippen molar-refractivity contribution in [3.63, 3.8) is 0 Å². The highest BCUT2D eigenvalue weighted by molar-refractivity contribution is 9.10. The monoisotopic (exact) mass is 427 g/mol. The fourth-order valence-electron chi connectivity index (χ4n) is 2.10. The molecule has 2 aromatic carbocycles. The van der Waals surface area contributed by atoms with Crippen LogP contribution in [0.25, 0.3) is 22.8 Å². The van der Waals surface area contributed by atoms with E-state index in [2.05, 4.69) is 42.1 Å². The molecule has 0 N–H and O–H groups in total. The van der Waals surface area contributed by atoms with E-state index in [4.69, 9.17) is 0 Å². The Balaban J connectivity index is 2.08. The summed E-state index contributed by atoms with van der Waals surface area (Å²) in [6.07, 6.45) is 0. The summed E-state index contributed by atoms with van der Waals surface area (Å²) in [5.41, 5.74) is 1.19. The fraction of sp³-hybridized carbons (Fsp3) is 0.0667. The maximum atomic E-state index is 13.7. The maximum absolute atomic E-state index is 13.7. The van der Waals surface area contributed by atoms with Gasteiger partial charge in [0.25, 0.3) is 0 Å². The van der Waals surface area contributed by atoms with Gasteiger partial charge in [-0.2, -0.15) is 0 Å². The average Bonchev–Trinajstić information content (AvgIpc) is 2.87. The molecule has 0 saturated heterocycles. The highest BCUT2D eigenvalue weighted by Crippen LogP contribution is 2.27. The summed E-state index contributed by atoms with van der Waals surface area (Å²) >= 11 is 6.23. The largest absolute Gasteiger partial charge is 0.310 e. The third kappa shape index (κ3) is 2.70. The second-order valence-electron chi connectivity index (χ2n) is 4.66. The van der Waals surface area contributed by atoms with Crippen molar-refractivity contribution in [2.45, 2.75) is 0 Å². The van der Waals surface area contributed by atoms with Gasteiger partial charge in [-0.3, -0.25) is 0 Å². The molecule has 0 bridgehead atoms. The molecular formula is C15H9Br2F2N3. The van der Waals surface area contributed by atoms with Crippen LogP contribution in [-0.2, 0) is 7.05 Å². The molecule has 3 aromatic rings. The molecule has 0 aliphatic rings. The molecule has 0 unspecified atom stereocenters. The Morgan fingerprint density at radius 3 is 1.59 bits per heavy atom. The quantitative estimate of drug-likeness (QED) is 0.578. The number of hydrogen-bond donors (Lipinski definition) is 0. The van der Waals surface area contributed by atoms with Crippen LogP contribution in [0.5, 0.6) is 0 Å². The number of halogens is 4. The predicted molar refractivity (Wildman–Crippen MR) is 87.2 cm³/mol. The van der Waals surface area contributed by atoms with E-state index in [0.29, 0.717) is 31.7 Å². The van der Waals surface area contributed by atoms with Gasteiger partial charge in [-0.1, -0.05) is 0 Å². The molecule has 22 heavy (non-hydrogen) atoms. The van der Waals surface area contributed by atoms with Gasteiger partial charge >= 0.3 is 0 Å². The molecule has 0 spiro atoms. The van der Waals surface area contributed by atoms with Gasteiger partial charge < -0.3 is 4.57 Å². The topological polar surface area (TPSA) is 30.7 Å². The predicted octanol–water partition coefficient (Wildman–Crippen LogP) is 4.95. The van der Waals surface area contributed by atoms with Crippen LogP contribution in [0.3, 0.4) is 0 Å². The molecule has 0 aliphatic heterocycles. The Morgan fingerprint density at radius 1 is 0.818 bits per heavy atom. The summed E-state index contributed by atoms with van der Waals surface area (Å²) in [4.78, 5) is 0. The summed E-state index contributed by atoms with van der Waals surface area (Å²) in [5, 5.41) is 8.16. The lowest BCUT2D eigenvalue weighted by atomic mass is 10.2. The molecule has 1 aromatic heterocycles. The molecule has 3 rings (SSSR count). The Bertz CT molecular complexity index is 793. The second-order valence-corrected chi connectivity index (χ2v) is 6.37. The number of hydrogen-bond acceptors (Lipinski definition) is 2. The number of rotatable bonds is 2. The minimum atomic E-state index is -0.378. The summed E-state index contributed by atoms with van der Waals surface area (Å²) < 4.78 is 29.8. The molecule has 0 atom stereocenters. The number of nitrogens with zero attached hydrogens (tertiary/aromatic N) is 3. The van der Waals surface area contributed by atoms with E-state index in [1.54, 1.807) is 35.9 Å². The van der Waals surface area contributed by atoms with Crippen LogP contribution >= 0.6 is 31.9 Å². The molecule has 0 saturated carbocycles. The lowest BCUT2D eigenvalue weighted by Crippen LogP contribution is -1.96. The molecule has 3 nitrogen and oxygen atoms in total. The summed E-state index contributed by atoms with van der Waals surface area (Å²) in [7, 11) is 1.75. The normalized spacial score (nSPS) is 11.0. The van der Waals surface area contributed by atoms with E-state index < -0.39 is 0 Å². The van der Waals surface area contributed by atoms with Crippen molar-refractivity contribution in [3.05, 3.63) is 57.0 Å². The standard InChI is InChI=1S/C15H9Br2F2N3/c1-22-14(8-2-4-10(16)12(18)6-8)20-21-15(22)9-3-5-11(17)13(19)7-9/h2-7H,1H3. The third-order valence-corrected chi connectivity index (χ3v) is 4.52. The van der Waals surface area contributed by atoms with Gasteiger partial charge in [0.1, 0.15) is 11.6 Å². The average molecular weight is 429 g/mol. The first-order chi connectivity index (χ1) is 10.5. The Hall–Kier alpha value is -1.60. The molecular weight excluding hydrogens is 420 g/mol. The zero-order chi connectivity index (χ0) is 15.9. The lowest BCUT2D eigenvalue weighted by Gasteiger charge is -2.05. The fourth-order valence-corrected chi connectivity index (χ4v) is 2.60. The van der Waals surface area contributed by atoms with Crippen LogP contribution in [0.2, 0.25) is 0 Å². The van der Waals surface area contributed by atoms with Gasteiger partial charge in [-0.15, -0.1) is 10.2 Å². The third-order valence-electron chi connectivity index (χ3n) is 3.23. The van der Waals surface area contributed by atoms with Crippen molar-refractivity contribution < 1.29 is 8.78 Å². The molecule has 0 fully saturated rings. The van der Waals surface area contributed by atoms with Gasteiger partial charge in [-0.25, -0.2) is 8.78 Å². The van der Waals surface area contributed by atoms with Crippen LogP contribution in [0.15, 0.2) is 45.3 Å². The van der Waals surface area contributed by atoms with E-state index in [1.165, 1.54) is 12.1 Å². The highest BCUT2D eigenvalue weighted by Gasteiger charge is 2.14. The van der Waals surface area contributed by atoms with Gasteiger partial charge in [0.05, 0.1) is 8.95 Å². The van der Waals surface area contributed by atoms with E-state index in [9.17, 15) is 8.78 Å². The minimum Gasteiger partial charge on any atom is -0.310 e. The smallest absolute Gasteiger partial charge is 0.164 e. The second kappa shape index (κ2) is 5.89. The summed E-state index contributed by atoms with van der Waals surface area (Å²) in [6, 6.07) is 9.45. The van der Waals surface area contributed by atoms with Gasteiger partial charge in [0.2, 0.25) is 0 Å². The van der Waals surface area contributed by atoms with E-state index >= 15 is 0 Å². The first-order valence-corrected chi connectivity index (χ1v) is 7.86. The lowest BCUT2D eigenvalue weighted by molar-refractivity contribution is 0.621. The number of aromatic nitrogens is 3. The van der Waals surface area contributed by atoms with Crippen molar-refractivity contribution in [2.75, 3.05) is 0 Å². The van der Waals surface area contributed by atoms with Gasteiger partial charge in [0.15, 0.2) is 11.6 Å². The minimum absolute atomic E-state index is 0.378. The molecule has 1 heterocycles. The molecule has 7 heteroatoms. The highest BCUT2D eigenvalue weighted by atomic mass is 79.9. The van der Waals surface area contributed by atoms with Crippen LogP contribution < -0.4 is 0 Å². The molecule has 112 valence electrons. The van der Waals surface area contributed by atoms with Crippen molar-refractivity contribution in [1.82, 2.24) is 14.8 Å². The summed E-state index contributed by atoms with van der Waals surface area (Å²) in [6.45, 7) is 0.